The lowest BCUT2D eigenvalue weighted by molar-refractivity contribution is 0.342. The van der Waals surface area contributed by atoms with Crippen molar-refractivity contribution in [3.63, 3.8) is 0 Å². The van der Waals surface area contributed by atoms with Crippen LogP contribution < -0.4 is 4.74 Å². The van der Waals surface area contributed by atoms with Gasteiger partial charge in [-0.3, -0.25) is 0 Å². The summed E-state index contributed by atoms with van der Waals surface area (Å²) in [6.45, 7) is 6.79. The second kappa shape index (κ2) is 7.09. The topological polar surface area (TPSA) is 39.9 Å². The van der Waals surface area contributed by atoms with Gasteiger partial charge >= 0.3 is 0 Å². The maximum atomic E-state index is 13.0. The maximum Gasteiger partial charge on any atom is 0.191 e. The van der Waals surface area contributed by atoms with E-state index in [9.17, 15) is 4.39 Å². The number of aromatic nitrogens is 3. The number of ether oxygens (including phenoxy) is 1. The predicted octanol–water partition coefficient (Wildman–Crippen LogP) is 3.08. The first-order valence-electron chi connectivity index (χ1n) is 6.22. The van der Waals surface area contributed by atoms with E-state index in [4.69, 9.17) is 4.74 Å². The molecule has 0 aliphatic heterocycles. The van der Waals surface area contributed by atoms with E-state index in [-0.39, 0.29) is 5.82 Å². The Bertz CT molecular complexity index is 586. The van der Waals surface area contributed by atoms with Crippen molar-refractivity contribution < 1.29 is 9.13 Å². The second-order valence-corrected chi connectivity index (χ2v) is 5.15. The molecule has 106 valence electrons. The summed E-state index contributed by atoms with van der Waals surface area (Å²) in [5.74, 6) is 1.82. The Labute approximate surface area is 121 Å². The van der Waals surface area contributed by atoms with Crippen LogP contribution in [0.3, 0.4) is 0 Å². The fourth-order valence-corrected chi connectivity index (χ4v) is 2.47. The van der Waals surface area contributed by atoms with Gasteiger partial charge in [0.25, 0.3) is 0 Å². The standard InChI is InChI=1S/C14H16FN3OS/c1-3-7-18-11(2)16-17-14(18)20-9-8-19-13-6-4-5-12(15)10-13/h3-6,10H,1,7-9H2,2H3. The lowest BCUT2D eigenvalue weighted by atomic mass is 10.3. The summed E-state index contributed by atoms with van der Waals surface area (Å²) in [6.07, 6.45) is 1.81. The van der Waals surface area contributed by atoms with Gasteiger partial charge in [-0.15, -0.1) is 16.8 Å². The molecule has 4 nitrogen and oxygen atoms in total. The third-order valence-corrected chi connectivity index (χ3v) is 3.52. The SMILES string of the molecule is C=CCn1c(C)nnc1SCCOc1cccc(F)c1. The third kappa shape index (κ3) is 3.84. The molecule has 6 heteroatoms. The van der Waals surface area contributed by atoms with Gasteiger partial charge in [0.2, 0.25) is 0 Å². The van der Waals surface area contributed by atoms with E-state index < -0.39 is 0 Å². The molecule has 2 aromatic rings. The molecule has 0 fully saturated rings. The van der Waals surface area contributed by atoms with Gasteiger partial charge in [-0.1, -0.05) is 23.9 Å². The Hall–Kier alpha value is -1.82. The van der Waals surface area contributed by atoms with Crippen LogP contribution in [-0.2, 0) is 6.54 Å². The molecule has 0 aliphatic carbocycles. The number of halogens is 1. The van der Waals surface area contributed by atoms with E-state index in [1.807, 2.05) is 17.6 Å². The summed E-state index contributed by atoms with van der Waals surface area (Å²) in [5.41, 5.74) is 0. The molecule has 1 heterocycles. The summed E-state index contributed by atoms with van der Waals surface area (Å²) in [5, 5.41) is 8.98. The summed E-state index contributed by atoms with van der Waals surface area (Å²) in [7, 11) is 0. The molecule has 0 unspecified atom stereocenters. The van der Waals surface area contributed by atoms with Crippen LogP contribution >= 0.6 is 11.8 Å². The van der Waals surface area contributed by atoms with E-state index in [0.29, 0.717) is 24.7 Å². The first-order valence-corrected chi connectivity index (χ1v) is 7.21. The number of hydrogen-bond acceptors (Lipinski definition) is 4. The molecule has 0 aliphatic rings. The van der Waals surface area contributed by atoms with Gasteiger partial charge in [-0.05, 0) is 19.1 Å². The highest BCUT2D eigenvalue weighted by Gasteiger charge is 2.07. The van der Waals surface area contributed by atoms with Crippen molar-refractivity contribution in [1.82, 2.24) is 14.8 Å². The van der Waals surface area contributed by atoms with Gasteiger partial charge in [0.05, 0.1) is 6.61 Å². The van der Waals surface area contributed by atoms with Crippen molar-refractivity contribution in [3.05, 3.63) is 48.6 Å². The third-order valence-electron chi connectivity index (χ3n) is 2.59. The normalized spacial score (nSPS) is 10.5. The Morgan fingerprint density at radius 1 is 1.45 bits per heavy atom. The minimum Gasteiger partial charge on any atom is -0.493 e. The first-order chi connectivity index (χ1) is 9.70. The average Bonchev–Trinajstić information content (AvgIpc) is 2.77. The van der Waals surface area contributed by atoms with Crippen molar-refractivity contribution in [2.75, 3.05) is 12.4 Å². The van der Waals surface area contributed by atoms with Crippen molar-refractivity contribution >= 4 is 11.8 Å². The zero-order valence-electron chi connectivity index (χ0n) is 11.3. The molecule has 2 rings (SSSR count). The van der Waals surface area contributed by atoms with E-state index >= 15 is 0 Å². The highest BCUT2D eigenvalue weighted by molar-refractivity contribution is 7.99. The van der Waals surface area contributed by atoms with Crippen LogP contribution in [0.5, 0.6) is 5.75 Å². The van der Waals surface area contributed by atoms with E-state index in [1.165, 1.54) is 12.1 Å². The molecule has 1 aromatic heterocycles. The van der Waals surface area contributed by atoms with Gasteiger partial charge in [-0.25, -0.2) is 4.39 Å². The van der Waals surface area contributed by atoms with Crippen molar-refractivity contribution in [2.24, 2.45) is 0 Å². The van der Waals surface area contributed by atoms with Crippen LogP contribution in [0.2, 0.25) is 0 Å². The zero-order chi connectivity index (χ0) is 14.4. The molecule has 0 atom stereocenters. The van der Waals surface area contributed by atoms with E-state index in [1.54, 1.807) is 23.9 Å². The molecule has 0 N–H and O–H groups in total. The lowest BCUT2D eigenvalue weighted by Crippen LogP contribution is -2.04. The molecule has 1 aromatic carbocycles. The first kappa shape index (κ1) is 14.6. The van der Waals surface area contributed by atoms with Crippen LogP contribution in [0.1, 0.15) is 5.82 Å². The smallest absolute Gasteiger partial charge is 0.191 e. The zero-order valence-corrected chi connectivity index (χ0v) is 12.1. The number of rotatable bonds is 7. The monoisotopic (exact) mass is 293 g/mol. The van der Waals surface area contributed by atoms with Crippen LogP contribution in [0.4, 0.5) is 4.39 Å². The molecule has 0 spiro atoms. The Morgan fingerprint density at radius 3 is 3.05 bits per heavy atom. The van der Waals surface area contributed by atoms with Crippen LogP contribution in [0.25, 0.3) is 0 Å². The summed E-state index contributed by atoms with van der Waals surface area (Å²) < 4.78 is 20.4. The van der Waals surface area contributed by atoms with Crippen molar-refractivity contribution in [2.45, 2.75) is 18.6 Å². The molecule has 0 radical (unpaired) electrons. The lowest BCUT2D eigenvalue weighted by Gasteiger charge is -2.07. The number of aryl methyl sites for hydroxylation is 1. The number of allylic oxidation sites excluding steroid dienone is 1. The predicted molar refractivity (Wildman–Crippen MR) is 77.6 cm³/mol. The molecule has 20 heavy (non-hydrogen) atoms. The number of hydrogen-bond donors (Lipinski definition) is 0. The highest BCUT2D eigenvalue weighted by atomic mass is 32.2. The number of thioether (sulfide) groups is 1. The van der Waals surface area contributed by atoms with Gasteiger partial charge < -0.3 is 9.30 Å². The number of nitrogens with zero attached hydrogens (tertiary/aromatic N) is 3. The molecule has 0 amide bonds. The quantitative estimate of drug-likeness (QED) is 0.447. The largest absolute Gasteiger partial charge is 0.493 e. The Balaban J connectivity index is 1.83. The van der Waals surface area contributed by atoms with Crippen molar-refractivity contribution in [1.29, 1.82) is 0 Å². The number of benzene rings is 1. The van der Waals surface area contributed by atoms with E-state index in [0.717, 1.165) is 11.0 Å². The average molecular weight is 293 g/mol. The van der Waals surface area contributed by atoms with Gasteiger partial charge in [0.1, 0.15) is 17.4 Å². The molecule has 0 bridgehead atoms. The van der Waals surface area contributed by atoms with Crippen LogP contribution in [-0.4, -0.2) is 27.1 Å². The van der Waals surface area contributed by atoms with Gasteiger partial charge in [0, 0.05) is 18.4 Å². The van der Waals surface area contributed by atoms with Gasteiger partial charge in [0.15, 0.2) is 5.16 Å². The van der Waals surface area contributed by atoms with Crippen LogP contribution in [0.15, 0.2) is 42.1 Å². The minimum atomic E-state index is -0.295. The fourth-order valence-electron chi connectivity index (χ4n) is 1.66. The Kier molecular flexibility index (Phi) is 5.17. The summed E-state index contributed by atoms with van der Waals surface area (Å²) >= 11 is 1.55. The molecule has 0 saturated carbocycles. The molecular weight excluding hydrogens is 277 g/mol. The summed E-state index contributed by atoms with van der Waals surface area (Å²) in [4.78, 5) is 0. The fraction of sp³-hybridized carbons (Fsp3) is 0.286. The summed E-state index contributed by atoms with van der Waals surface area (Å²) in [6, 6.07) is 6.12. The maximum absolute atomic E-state index is 13.0. The minimum absolute atomic E-state index is 0.295. The van der Waals surface area contributed by atoms with Crippen LogP contribution in [0, 0.1) is 12.7 Å². The Morgan fingerprint density at radius 2 is 2.30 bits per heavy atom. The van der Waals surface area contributed by atoms with Gasteiger partial charge in [-0.2, -0.15) is 0 Å². The van der Waals surface area contributed by atoms with E-state index in [2.05, 4.69) is 16.8 Å². The highest BCUT2D eigenvalue weighted by Crippen LogP contribution is 2.18. The van der Waals surface area contributed by atoms with Crippen molar-refractivity contribution in [3.8, 4) is 5.75 Å². The molecular formula is C14H16FN3OS. The molecule has 0 saturated heterocycles. The second-order valence-electron chi connectivity index (χ2n) is 4.08.